The van der Waals surface area contributed by atoms with E-state index in [1.54, 1.807) is 19.1 Å². The first-order valence-corrected chi connectivity index (χ1v) is 3.83. The summed E-state index contributed by atoms with van der Waals surface area (Å²) in [5.74, 6) is -0.933. The minimum atomic E-state index is -0.583. The van der Waals surface area contributed by atoms with E-state index in [1.165, 1.54) is 12.1 Å². The Labute approximate surface area is 75.9 Å². The van der Waals surface area contributed by atoms with Gasteiger partial charge < -0.3 is 5.73 Å². The van der Waals surface area contributed by atoms with Gasteiger partial charge in [0.25, 0.3) is 0 Å². The second-order valence-electron chi connectivity index (χ2n) is 2.76. The smallest absolute Gasteiger partial charge is 0.241 e. The molecule has 0 aromatic heterocycles. The highest BCUT2D eigenvalue weighted by Gasteiger charge is 1.97. The Morgan fingerprint density at radius 1 is 1.54 bits per heavy atom. The molecule has 2 nitrogen and oxygen atoms in total. The van der Waals surface area contributed by atoms with Crippen molar-refractivity contribution < 1.29 is 9.18 Å². The number of hydrogen-bond acceptors (Lipinski definition) is 1. The molecule has 0 aliphatic heterocycles. The van der Waals surface area contributed by atoms with Crippen molar-refractivity contribution in [2.45, 2.75) is 6.92 Å². The van der Waals surface area contributed by atoms with Gasteiger partial charge in [0.2, 0.25) is 5.91 Å². The maximum absolute atomic E-state index is 13.1. The van der Waals surface area contributed by atoms with Crippen LogP contribution in [0.5, 0.6) is 0 Å². The molecule has 0 spiro atoms. The van der Waals surface area contributed by atoms with Gasteiger partial charge in [0.05, 0.1) is 0 Å². The Morgan fingerprint density at radius 2 is 2.23 bits per heavy atom. The number of carbonyl (C=O) groups is 1. The highest BCUT2D eigenvalue weighted by molar-refractivity contribution is 5.90. The van der Waals surface area contributed by atoms with Gasteiger partial charge in [0, 0.05) is 11.6 Å². The molecule has 68 valence electrons. The number of hydrogen-bond donors (Lipinski definition) is 1. The van der Waals surface area contributed by atoms with E-state index in [2.05, 4.69) is 0 Å². The van der Waals surface area contributed by atoms with Gasteiger partial charge in [-0.2, -0.15) is 0 Å². The van der Waals surface area contributed by atoms with Crippen LogP contribution in [-0.2, 0) is 4.79 Å². The highest BCUT2D eigenvalue weighted by atomic mass is 19.1. The first-order chi connectivity index (χ1) is 6.09. The zero-order valence-corrected chi connectivity index (χ0v) is 7.25. The predicted molar refractivity (Wildman–Crippen MR) is 49.4 cm³/mol. The van der Waals surface area contributed by atoms with Crippen LogP contribution < -0.4 is 5.73 Å². The molecule has 0 fully saturated rings. The topological polar surface area (TPSA) is 43.1 Å². The van der Waals surface area contributed by atoms with Crippen LogP contribution in [0.1, 0.15) is 11.1 Å². The van der Waals surface area contributed by atoms with Crippen molar-refractivity contribution in [2.75, 3.05) is 0 Å². The van der Waals surface area contributed by atoms with Crippen LogP contribution in [0.25, 0.3) is 6.08 Å². The summed E-state index contributed by atoms with van der Waals surface area (Å²) in [6.07, 6.45) is 2.49. The van der Waals surface area contributed by atoms with Gasteiger partial charge >= 0.3 is 0 Å². The Balaban J connectivity index is 2.96. The molecule has 2 N–H and O–H groups in total. The molecule has 0 heterocycles. The predicted octanol–water partition coefficient (Wildman–Crippen LogP) is 1.63. The van der Waals surface area contributed by atoms with Crippen LogP contribution in [0.4, 0.5) is 4.39 Å². The molecule has 1 aromatic carbocycles. The zero-order chi connectivity index (χ0) is 9.84. The van der Waals surface area contributed by atoms with E-state index < -0.39 is 5.91 Å². The van der Waals surface area contributed by atoms with Crippen LogP contribution in [0, 0.1) is 12.7 Å². The van der Waals surface area contributed by atoms with E-state index >= 15 is 0 Å². The highest BCUT2D eigenvalue weighted by Crippen LogP contribution is 2.10. The minimum absolute atomic E-state index is 0.350. The molecule has 13 heavy (non-hydrogen) atoms. The number of benzene rings is 1. The van der Waals surface area contributed by atoms with E-state index in [4.69, 9.17) is 5.73 Å². The maximum Gasteiger partial charge on any atom is 0.241 e. The van der Waals surface area contributed by atoms with Crippen LogP contribution in [0.3, 0.4) is 0 Å². The number of aryl methyl sites for hydroxylation is 1. The Morgan fingerprint density at radius 3 is 2.77 bits per heavy atom. The second kappa shape index (κ2) is 3.85. The van der Waals surface area contributed by atoms with Crippen molar-refractivity contribution in [3.8, 4) is 0 Å². The molecule has 0 atom stereocenters. The van der Waals surface area contributed by atoms with Gasteiger partial charge in [-0.25, -0.2) is 4.39 Å². The average Bonchev–Trinajstić information content (AvgIpc) is 2.02. The maximum atomic E-state index is 13.1. The molecular weight excluding hydrogens is 169 g/mol. The minimum Gasteiger partial charge on any atom is -0.366 e. The van der Waals surface area contributed by atoms with Crippen molar-refractivity contribution >= 4 is 12.0 Å². The van der Waals surface area contributed by atoms with E-state index in [0.29, 0.717) is 5.56 Å². The van der Waals surface area contributed by atoms with Gasteiger partial charge in [-0.1, -0.05) is 12.1 Å². The molecule has 1 amide bonds. The molecule has 0 saturated carbocycles. The first-order valence-electron chi connectivity index (χ1n) is 3.83. The van der Waals surface area contributed by atoms with Crippen LogP contribution >= 0.6 is 0 Å². The summed E-state index contributed by atoms with van der Waals surface area (Å²) in [5.41, 5.74) is 6.08. The van der Waals surface area contributed by atoms with E-state index in [-0.39, 0.29) is 5.82 Å². The van der Waals surface area contributed by atoms with Crippen molar-refractivity contribution in [3.63, 3.8) is 0 Å². The molecule has 0 unspecified atom stereocenters. The molecule has 3 heteroatoms. The van der Waals surface area contributed by atoms with E-state index in [0.717, 1.165) is 11.6 Å². The number of rotatable bonds is 2. The third-order valence-corrected chi connectivity index (χ3v) is 1.58. The molecular formula is C10H10FNO. The largest absolute Gasteiger partial charge is 0.366 e. The Kier molecular flexibility index (Phi) is 2.80. The molecule has 0 aliphatic rings. The monoisotopic (exact) mass is 179 g/mol. The lowest BCUT2D eigenvalue weighted by Crippen LogP contribution is -2.05. The summed E-state index contributed by atoms with van der Waals surface area (Å²) in [6.45, 7) is 1.80. The normalized spacial score (nSPS) is 10.6. The third-order valence-electron chi connectivity index (χ3n) is 1.58. The van der Waals surface area contributed by atoms with Gasteiger partial charge in [0.1, 0.15) is 5.82 Å². The second-order valence-corrected chi connectivity index (χ2v) is 2.76. The van der Waals surface area contributed by atoms with Crippen molar-refractivity contribution in [3.05, 3.63) is 41.2 Å². The molecule has 0 saturated heterocycles. The van der Waals surface area contributed by atoms with Gasteiger partial charge in [-0.15, -0.1) is 0 Å². The standard InChI is InChI=1S/C10H10FNO/c1-7-2-3-8(9(11)6-7)4-5-10(12)13/h2-6H,1H3,(H2,12,13)/b5-4-. The number of halogens is 1. The van der Waals surface area contributed by atoms with Crippen LogP contribution in [0.2, 0.25) is 0 Å². The van der Waals surface area contributed by atoms with Gasteiger partial charge in [-0.3, -0.25) is 4.79 Å². The summed E-state index contributed by atoms with van der Waals surface area (Å²) in [4.78, 5) is 10.4. The summed E-state index contributed by atoms with van der Waals surface area (Å²) in [6, 6.07) is 4.77. The SMILES string of the molecule is Cc1ccc(/C=C\C(N)=O)c(F)c1. The molecule has 1 rings (SSSR count). The van der Waals surface area contributed by atoms with Crippen LogP contribution in [0.15, 0.2) is 24.3 Å². The fraction of sp³-hybridized carbons (Fsp3) is 0.100. The van der Waals surface area contributed by atoms with Crippen molar-refractivity contribution in [1.82, 2.24) is 0 Å². The number of nitrogens with two attached hydrogens (primary N) is 1. The van der Waals surface area contributed by atoms with Crippen LogP contribution in [-0.4, -0.2) is 5.91 Å². The summed E-state index contributed by atoms with van der Waals surface area (Å²) in [5, 5.41) is 0. The fourth-order valence-electron chi connectivity index (χ4n) is 0.939. The van der Waals surface area contributed by atoms with Crippen molar-refractivity contribution in [1.29, 1.82) is 0 Å². The first kappa shape index (κ1) is 9.45. The lowest BCUT2D eigenvalue weighted by molar-refractivity contribution is -0.113. The van der Waals surface area contributed by atoms with E-state index in [1.807, 2.05) is 0 Å². The number of amides is 1. The summed E-state index contributed by atoms with van der Waals surface area (Å²) in [7, 11) is 0. The number of primary amides is 1. The summed E-state index contributed by atoms with van der Waals surface area (Å²) >= 11 is 0. The van der Waals surface area contributed by atoms with E-state index in [9.17, 15) is 9.18 Å². The lowest BCUT2D eigenvalue weighted by atomic mass is 10.1. The molecule has 1 aromatic rings. The van der Waals surface area contributed by atoms with Gasteiger partial charge in [0.15, 0.2) is 0 Å². The lowest BCUT2D eigenvalue weighted by Gasteiger charge is -1.97. The quantitative estimate of drug-likeness (QED) is 0.689. The fourth-order valence-corrected chi connectivity index (χ4v) is 0.939. The average molecular weight is 179 g/mol. The molecule has 0 bridgehead atoms. The molecule has 0 aliphatic carbocycles. The molecule has 0 radical (unpaired) electrons. The number of carbonyl (C=O) groups excluding carboxylic acids is 1. The third kappa shape index (κ3) is 2.71. The van der Waals surface area contributed by atoms with Gasteiger partial charge in [-0.05, 0) is 24.6 Å². The van der Waals surface area contributed by atoms with Crippen molar-refractivity contribution in [2.24, 2.45) is 5.73 Å². The Hall–Kier alpha value is -1.64. The zero-order valence-electron chi connectivity index (χ0n) is 7.25. The summed E-state index contributed by atoms with van der Waals surface area (Å²) < 4.78 is 13.1. The Bertz CT molecular complexity index is 358.